The number of carboxylic acids is 1. The molecule has 1 aliphatic heterocycles. The number of halogens is 1. The number of hydrogen-bond acceptors (Lipinski definition) is 4. The van der Waals surface area contributed by atoms with Gasteiger partial charge in [0.25, 0.3) is 0 Å². The Balaban J connectivity index is 2.10. The average Bonchev–Trinajstić information content (AvgIpc) is 2.69. The van der Waals surface area contributed by atoms with Crippen LogP contribution in [0.4, 0.5) is 3.89 Å². The van der Waals surface area contributed by atoms with Crippen LogP contribution in [0.15, 0.2) is 0 Å². The lowest BCUT2D eigenvalue weighted by molar-refractivity contribution is -0.151. The Kier molecular flexibility index (Phi) is 4.85. The molecule has 0 radical (unpaired) electrons. The van der Waals surface area contributed by atoms with Gasteiger partial charge in [0.1, 0.15) is 6.04 Å². The second-order valence-corrected chi connectivity index (χ2v) is 7.41. The third-order valence-corrected chi connectivity index (χ3v) is 5.23. The van der Waals surface area contributed by atoms with Gasteiger partial charge in [-0.05, 0) is 18.8 Å². The molecule has 8 heteroatoms. The molecule has 1 N–H and O–H groups in total. The Bertz CT molecular complexity index is 515. The number of amides is 1. The summed E-state index contributed by atoms with van der Waals surface area (Å²) in [5, 5.41) is 9.44. The van der Waals surface area contributed by atoms with Crippen LogP contribution in [0.3, 0.4) is 0 Å². The van der Waals surface area contributed by atoms with E-state index in [2.05, 4.69) is 0 Å². The Hall–Kier alpha value is -1.18. The van der Waals surface area contributed by atoms with Gasteiger partial charge >= 0.3 is 16.2 Å². The van der Waals surface area contributed by atoms with Gasteiger partial charge in [0.15, 0.2) is 0 Å². The van der Waals surface area contributed by atoms with Crippen LogP contribution in [0.2, 0.25) is 0 Å². The van der Waals surface area contributed by atoms with Crippen molar-refractivity contribution in [3.63, 3.8) is 0 Å². The second-order valence-electron chi connectivity index (χ2n) is 6.00. The van der Waals surface area contributed by atoms with E-state index in [4.69, 9.17) is 0 Å². The van der Waals surface area contributed by atoms with Crippen molar-refractivity contribution < 1.29 is 27.0 Å². The summed E-state index contributed by atoms with van der Waals surface area (Å²) in [4.78, 5) is 24.8. The minimum Gasteiger partial charge on any atom is -0.480 e. The maximum absolute atomic E-state index is 12.7. The zero-order valence-corrected chi connectivity index (χ0v) is 12.5. The number of hydrogen-bond donors (Lipinski definition) is 1. The average molecular weight is 321 g/mol. The third-order valence-electron chi connectivity index (χ3n) is 4.36. The molecule has 120 valence electrons. The zero-order chi connectivity index (χ0) is 15.6. The maximum atomic E-state index is 12.7. The molecule has 1 unspecified atom stereocenters. The van der Waals surface area contributed by atoms with Crippen LogP contribution in [-0.4, -0.2) is 48.6 Å². The lowest BCUT2D eigenvalue weighted by atomic mass is 9.83. The van der Waals surface area contributed by atoms with Crippen LogP contribution in [0.5, 0.6) is 0 Å². The number of nitrogens with zero attached hydrogens (tertiary/aromatic N) is 1. The van der Waals surface area contributed by atoms with Crippen molar-refractivity contribution in [2.24, 2.45) is 11.8 Å². The predicted molar refractivity (Wildman–Crippen MR) is 72.7 cm³/mol. The Labute approximate surface area is 123 Å². The number of likely N-dealkylation sites (tertiary alicyclic amines) is 1. The van der Waals surface area contributed by atoms with E-state index in [0.29, 0.717) is 0 Å². The van der Waals surface area contributed by atoms with Gasteiger partial charge in [0.05, 0.1) is 5.75 Å². The summed E-state index contributed by atoms with van der Waals surface area (Å²) in [6.45, 7) is 0.00937. The first kappa shape index (κ1) is 16.2. The molecular weight excluding hydrogens is 301 g/mol. The Morgan fingerprint density at radius 3 is 2.48 bits per heavy atom. The monoisotopic (exact) mass is 321 g/mol. The molecule has 0 aromatic rings. The smallest absolute Gasteiger partial charge is 0.326 e. The summed E-state index contributed by atoms with van der Waals surface area (Å²) in [7, 11) is -4.65. The van der Waals surface area contributed by atoms with E-state index in [1.54, 1.807) is 0 Å². The van der Waals surface area contributed by atoms with E-state index in [9.17, 15) is 27.0 Å². The summed E-state index contributed by atoms with van der Waals surface area (Å²) in [6.07, 6.45) is 4.37. The van der Waals surface area contributed by atoms with Gasteiger partial charge in [0, 0.05) is 18.9 Å². The Morgan fingerprint density at radius 2 is 1.95 bits per heavy atom. The summed E-state index contributed by atoms with van der Waals surface area (Å²) in [5.41, 5.74) is 0. The molecular formula is C13H20FNO5S. The molecule has 1 heterocycles. The minimum absolute atomic E-state index is 0.00937. The lowest BCUT2D eigenvalue weighted by Gasteiger charge is -2.33. The first-order valence-electron chi connectivity index (χ1n) is 7.22. The van der Waals surface area contributed by atoms with Crippen molar-refractivity contribution in [1.82, 2.24) is 4.90 Å². The molecule has 1 saturated heterocycles. The molecule has 2 aliphatic rings. The molecule has 2 atom stereocenters. The maximum Gasteiger partial charge on any atom is 0.326 e. The van der Waals surface area contributed by atoms with E-state index >= 15 is 0 Å². The minimum atomic E-state index is -4.65. The number of aliphatic carboxylic acids is 1. The molecule has 2 rings (SSSR count). The molecule has 1 saturated carbocycles. The van der Waals surface area contributed by atoms with Gasteiger partial charge in [-0.15, -0.1) is 3.89 Å². The van der Waals surface area contributed by atoms with Crippen LogP contribution >= 0.6 is 0 Å². The highest BCUT2D eigenvalue weighted by atomic mass is 32.3. The first-order valence-corrected chi connectivity index (χ1v) is 8.78. The van der Waals surface area contributed by atoms with E-state index in [0.717, 1.165) is 32.1 Å². The van der Waals surface area contributed by atoms with Gasteiger partial charge in [-0.3, -0.25) is 4.79 Å². The fourth-order valence-electron chi connectivity index (χ4n) is 3.51. The van der Waals surface area contributed by atoms with E-state index in [-0.39, 0.29) is 24.8 Å². The van der Waals surface area contributed by atoms with Gasteiger partial charge in [-0.1, -0.05) is 19.3 Å². The topological polar surface area (TPSA) is 91.8 Å². The lowest BCUT2D eigenvalue weighted by Crippen LogP contribution is -2.47. The van der Waals surface area contributed by atoms with Crippen molar-refractivity contribution in [3.05, 3.63) is 0 Å². The highest BCUT2D eigenvalue weighted by Gasteiger charge is 2.42. The molecule has 2 fully saturated rings. The highest BCUT2D eigenvalue weighted by molar-refractivity contribution is 7.86. The van der Waals surface area contributed by atoms with Crippen LogP contribution in [0.25, 0.3) is 0 Å². The van der Waals surface area contributed by atoms with Crippen LogP contribution in [0, 0.1) is 11.8 Å². The van der Waals surface area contributed by atoms with Gasteiger partial charge in [-0.25, -0.2) is 4.79 Å². The van der Waals surface area contributed by atoms with Gasteiger partial charge in [0.2, 0.25) is 5.91 Å². The Morgan fingerprint density at radius 1 is 1.33 bits per heavy atom. The first-order chi connectivity index (χ1) is 9.78. The summed E-state index contributed by atoms with van der Waals surface area (Å²) < 4.78 is 34.1. The quantitative estimate of drug-likeness (QED) is 0.767. The molecule has 1 amide bonds. The fourth-order valence-corrected chi connectivity index (χ4v) is 4.30. The molecule has 6 nitrogen and oxygen atoms in total. The molecule has 0 spiro atoms. The largest absolute Gasteiger partial charge is 0.480 e. The van der Waals surface area contributed by atoms with Crippen LogP contribution < -0.4 is 0 Å². The van der Waals surface area contributed by atoms with Crippen molar-refractivity contribution in [2.75, 3.05) is 12.3 Å². The number of carbonyl (C=O) groups excluding carboxylic acids is 1. The van der Waals surface area contributed by atoms with Crippen molar-refractivity contribution in [2.45, 2.75) is 44.6 Å². The summed E-state index contributed by atoms with van der Waals surface area (Å²) in [6, 6.07) is -0.912. The van der Waals surface area contributed by atoms with Crippen molar-refractivity contribution in [3.8, 4) is 0 Å². The van der Waals surface area contributed by atoms with Crippen molar-refractivity contribution in [1.29, 1.82) is 0 Å². The second kappa shape index (κ2) is 6.29. The van der Waals surface area contributed by atoms with E-state index in [1.807, 2.05) is 0 Å². The molecule has 0 aromatic heterocycles. The van der Waals surface area contributed by atoms with Gasteiger partial charge < -0.3 is 10.0 Å². The molecule has 0 bridgehead atoms. The van der Waals surface area contributed by atoms with E-state index < -0.39 is 33.9 Å². The normalized spacial score (nSPS) is 26.0. The fraction of sp³-hybridized carbons (Fsp3) is 0.846. The summed E-state index contributed by atoms with van der Waals surface area (Å²) in [5.74, 6) is -2.91. The summed E-state index contributed by atoms with van der Waals surface area (Å²) >= 11 is 0. The van der Waals surface area contributed by atoms with E-state index in [1.165, 1.54) is 4.90 Å². The standard InChI is InChI=1S/C13H20FNO5S/c14-21(19,20)8-9-6-11(16)15(7-9)12(13(17)18)10-4-2-1-3-5-10/h9-10,12H,1-8H2,(H,17,18)/t9?,12-/m0/s1. The number of carbonyl (C=O) groups is 2. The van der Waals surface area contributed by atoms with Crippen LogP contribution in [-0.2, 0) is 19.8 Å². The zero-order valence-electron chi connectivity index (χ0n) is 11.7. The molecule has 21 heavy (non-hydrogen) atoms. The highest BCUT2D eigenvalue weighted by Crippen LogP contribution is 2.32. The predicted octanol–water partition coefficient (Wildman–Crippen LogP) is 1.17. The number of rotatable bonds is 5. The van der Waals surface area contributed by atoms with Crippen LogP contribution in [0.1, 0.15) is 38.5 Å². The number of carboxylic acid groups (broad SMARTS) is 1. The SMILES string of the molecule is O=C(O)[C@H](C1CCCCC1)N1CC(CS(=O)(=O)F)CC1=O. The third kappa shape index (κ3) is 4.15. The van der Waals surface area contributed by atoms with Gasteiger partial charge in [-0.2, -0.15) is 8.42 Å². The molecule has 1 aliphatic carbocycles. The van der Waals surface area contributed by atoms with Crippen molar-refractivity contribution >= 4 is 22.1 Å². The molecule has 0 aromatic carbocycles.